The van der Waals surface area contributed by atoms with Gasteiger partial charge in [-0.15, -0.1) is 0 Å². The minimum Gasteiger partial charge on any atom is -0.456 e. The van der Waals surface area contributed by atoms with Crippen molar-refractivity contribution < 1.29 is 4.42 Å². The van der Waals surface area contributed by atoms with Crippen molar-refractivity contribution in [2.24, 2.45) is 0 Å². The van der Waals surface area contributed by atoms with E-state index in [-0.39, 0.29) is 5.41 Å². The molecule has 0 fully saturated rings. The molecule has 1 heterocycles. The average Bonchev–Trinajstić information content (AvgIpc) is 3.55. The third-order valence-electron chi connectivity index (χ3n) is 9.61. The van der Waals surface area contributed by atoms with E-state index in [9.17, 15) is 0 Å². The number of rotatable bonds is 4. The van der Waals surface area contributed by atoms with Crippen molar-refractivity contribution in [3.63, 3.8) is 0 Å². The van der Waals surface area contributed by atoms with E-state index in [1.54, 1.807) is 0 Å². The lowest BCUT2D eigenvalue weighted by atomic mass is 9.82. The lowest BCUT2D eigenvalue weighted by Crippen LogP contribution is -2.15. The molecule has 9 rings (SSSR count). The van der Waals surface area contributed by atoms with E-state index in [1.807, 2.05) is 12.1 Å². The highest BCUT2D eigenvalue weighted by Gasteiger charge is 2.35. The Bertz CT molecular complexity index is 2410. The molecule has 0 N–H and O–H groups in total. The van der Waals surface area contributed by atoms with Crippen LogP contribution in [0.25, 0.3) is 55.0 Å². The largest absolute Gasteiger partial charge is 0.456 e. The number of para-hydroxylation sites is 1. The Balaban J connectivity index is 1.25. The highest BCUT2D eigenvalue weighted by molar-refractivity contribution is 6.10. The molecule has 2 heteroatoms. The molecule has 8 aromatic rings. The molecule has 0 atom stereocenters. The maximum Gasteiger partial charge on any atom is 0.136 e. The maximum atomic E-state index is 6.28. The summed E-state index contributed by atoms with van der Waals surface area (Å²) >= 11 is 0. The molecule has 2 nitrogen and oxygen atoms in total. The molecule has 0 spiro atoms. The Kier molecular flexibility index (Phi) is 5.58. The summed E-state index contributed by atoms with van der Waals surface area (Å²) in [5.41, 5.74) is 12.9. The van der Waals surface area contributed by atoms with E-state index < -0.39 is 0 Å². The van der Waals surface area contributed by atoms with Gasteiger partial charge in [-0.2, -0.15) is 0 Å². The van der Waals surface area contributed by atoms with Gasteiger partial charge in [-0.05, 0) is 98.8 Å². The number of furan rings is 1. The summed E-state index contributed by atoms with van der Waals surface area (Å²) in [5, 5.41) is 4.65. The SMILES string of the molecule is CC1(C)c2ccccc2-c2cc(N(c3cccc(-c4ccccc4)c3)c3ccc4cc5c(cc4c3)oc3ccccc35)ccc21. The number of nitrogens with zero attached hydrogens (tertiary/aromatic N) is 1. The smallest absolute Gasteiger partial charge is 0.136 e. The quantitative estimate of drug-likeness (QED) is 0.207. The first-order valence-electron chi connectivity index (χ1n) is 15.6. The van der Waals surface area contributed by atoms with Crippen LogP contribution in [0.15, 0.2) is 156 Å². The standard InChI is InChI=1S/C43H31NO/c1-43(2)39-17-8-6-15-35(39)37-27-34(21-22-40(37)43)44(32-14-10-13-29(23-32)28-11-4-3-5-12-28)33-20-19-30-25-38-36-16-7-9-18-41(36)45-42(38)26-31(30)24-33/h3-27H,1-2H3. The second kappa shape index (κ2) is 9.70. The van der Waals surface area contributed by atoms with E-state index in [2.05, 4.69) is 158 Å². The molecular weight excluding hydrogens is 546 g/mol. The van der Waals surface area contributed by atoms with Crippen LogP contribution in [0.1, 0.15) is 25.0 Å². The van der Waals surface area contributed by atoms with Crippen LogP contribution in [0.3, 0.4) is 0 Å². The number of hydrogen-bond donors (Lipinski definition) is 0. The predicted molar refractivity (Wildman–Crippen MR) is 189 cm³/mol. The lowest BCUT2D eigenvalue weighted by molar-refractivity contribution is 0.660. The molecule has 45 heavy (non-hydrogen) atoms. The molecule has 214 valence electrons. The van der Waals surface area contributed by atoms with Gasteiger partial charge in [0.15, 0.2) is 0 Å². The number of anilines is 3. The first-order chi connectivity index (χ1) is 22.0. The van der Waals surface area contributed by atoms with E-state index in [4.69, 9.17) is 4.42 Å². The summed E-state index contributed by atoms with van der Waals surface area (Å²) in [6.45, 7) is 4.67. The van der Waals surface area contributed by atoms with Crippen molar-refractivity contribution in [1.82, 2.24) is 0 Å². The van der Waals surface area contributed by atoms with Crippen LogP contribution in [-0.4, -0.2) is 0 Å². The molecular formula is C43H31NO. The number of benzene rings is 7. The van der Waals surface area contributed by atoms with Crippen molar-refractivity contribution in [2.75, 3.05) is 4.90 Å². The lowest BCUT2D eigenvalue weighted by Gasteiger charge is -2.28. The highest BCUT2D eigenvalue weighted by Crippen LogP contribution is 2.50. The van der Waals surface area contributed by atoms with Crippen molar-refractivity contribution >= 4 is 49.8 Å². The van der Waals surface area contributed by atoms with E-state index >= 15 is 0 Å². The molecule has 0 radical (unpaired) electrons. The Morgan fingerprint density at radius 1 is 0.444 bits per heavy atom. The molecule has 1 aliphatic rings. The van der Waals surface area contributed by atoms with Gasteiger partial charge in [0.25, 0.3) is 0 Å². The fourth-order valence-electron chi connectivity index (χ4n) is 7.34. The fraction of sp³-hybridized carbons (Fsp3) is 0.0698. The first kappa shape index (κ1) is 25.9. The molecule has 0 bridgehead atoms. The van der Waals surface area contributed by atoms with Crippen LogP contribution in [0, 0.1) is 0 Å². The second-order valence-corrected chi connectivity index (χ2v) is 12.6. The summed E-state index contributed by atoms with van der Waals surface area (Å²) in [4.78, 5) is 2.39. The topological polar surface area (TPSA) is 16.4 Å². The Morgan fingerprint density at radius 2 is 1.16 bits per heavy atom. The van der Waals surface area contributed by atoms with Crippen molar-refractivity contribution in [2.45, 2.75) is 19.3 Å². The number of fused-ring (bicyclic) bond motifs is 7. The molecule has 0 unspecified atom stereocenters. The van der Waals surface area contributed by atoms with Crippen molar-refractivity contribution in [3.8, 4) is 22.3 Å². The van der Waals surface area contributed by atoms with Gasteiger partial charge in [-0.25, -0.2) is 0 Å². The van der Waals surface area contributed by atoms with Crippen LogP contribution in [0.5, 0.6) is 0 Å². The molecule has 1 aliphatic carbocycles. The van der Waals surface area contributed by atoms with Crippen LogP contribution in [0.4, 0.5) is 17.1 Å². The minimum atomic E-state index is -0.0383. The van der Waals surface area contributed by atoms with Gasteiger partial charge in [-0.1, -0.05) is 111 Å². The molecule has 7 aromatic carbocycles. The molecule has 0 amide bonds. The summed E-state index contributed by atoms with van der Waals surface area (Å²) in [6.07, 6.45) is 0. The predicted octanol–water partition coefficient (Wildman–Crippen LogP) is 12.2. The Hall–Kier alpha value is -5.60. The zero-order valence-electron chi connectivity index (χ0n) is 25.3. The average molecular weight is 578 g/mol. The van der Waals surface area contributed by atoms with Crippen molar-refractivity contribution in [1.29, 1.82) is 0 Å². The van der Waals surface area contributed by atoms with Gasteiger partial charge < -0.3 is 9.32 Å². The first-order valence-corrected chi connectivity index (χ1v) is 15.6. The molecule has 1 aromatic heterocycles. The van der Waals surface area contributed by atoms with Gasteiger partial charge in [-0.3, -0.25) is 0 Å². The third kappa shape index (κ3) is 4.03. The Labute approximate surface area is 262 Å². The second-order valence-electron chi connectivity index (χ2n) is 12.6. The zero-order valence-corrected chi connectivity index (χ0v) is 25.3. The van der Waals surface area contributed by atoms with Crippen LogP contribution < -0.4 is 4.90 Å². The van der Waals surface area contributed by atoms with Gasteiger partial charge in [0.1, 0.15) is 11.2 Å². The van der Waals surface area contributed by atoms with E-state index in [0.717, 1.165) is 44.4 Å². The summed E-state index contributed by atoms with van der Waals surface area (Å²) in [5.74, 6) is 0. The normalized spacial score (nSPS) is 13.3. The minimum absolute atomic E-state index is 0.0383. The van der Waals surface area contributed by atoms with E-state index in [1.165, 1.54) is 38.8 Å². The molecule has 0 aliphatic heterocycles. The maximum absolute atomic E-state index is 6.28. The summed E-state index contributed by atoms with van der Waals surface area (Å²) < 4.78 is 6.28. The zero-order chi connectivity index (χ0) is 30.1. The van der Waals surface area contributed by atoms with Gasteiger partial charge in [0.05, 0.1) is 0 Å². The van der Waals surface area contributed by atoms with Gasteiger partial charge in [0.2, 0.25) is 0 Å². The van der Waals surface area contributed by atoms with Gasteiger partial charge >= 0.3 is 0 Å². The van der Waals surface area contributed by atoms with Crippen molar-refractivity contribution in [3.05, 3.63) is 163 Å². The monoisotopic (exact) mass is 577 g/mol. The van der Waals surface area contributed by atoms with Gasteiger partial charge in [0, 0.05) is 33.2 Å². The fourth-order valence-corrected chi connectivity index (χ4v) is 7.34. The van der Waals surface area contributed by atoms with Crippen LogP contribution in [0.2, 0.25) is 0 Å². The molecule has 0 saturated carbocycles. The Morgan fingerprint density at radius 3 is 2.07 bits per heavy atom. The van der Waals surface area contributed by atoms with Crippen LogP contribution in [-0.2, 0) is 5.41 Å². The summed E-state index contributed by atoms with van der Waals surface area (Å²) in [7, 11) is 0. The van der Waals surface area contributed by atoms with Crippen LogP contribution >= 0.6 is 0 Å². The van der Waals surface area contributed by atoms with E-state index in [0.29, 0.717) is 0 Å². The highest BCUT2D eigenvalue weighted by atomic mass is 16.3. The third-order valence-corrected chi connectivity index (χ3v) is 9.61. The molecule has 0 saturated heterocycles. The summed E-state index contributed by atoms with van der Waals surface area (Å²) in [6, 6.07) is 54.8. The number of hydrogen-bond acceptors (Lipinski definition) is 2.